The zero-order chi connectivity index (χ0) is 12.4. The number of halogens is 2. The third-order valence-corrected chi connectivity index (χ3v) is 2.92. The molecule has 0 spiro atoms. The molecule has 0 saturated heterocycles. The van der Waals surface area contributed by atoms with Crippen LogP contribution >= 0.6 is 23.2 Å². The van der Waals surface area contributed by atoms with E-state index < -0.39 is 4.92 Å². The van der Waals surface area contributed by atoms with E-state index in [1.165, 1.54) is 12.5 Å². The fraction of sp³-hybridized carbons (Fsp3) is 0.100. The molecule has 2 aromatic rings. The van der Waals surface area contributed by atoms with Crippen LogP contribution in [0.25, 0.3) is 0 Å². The van der Waals surface area contributed by atoms with Gasteiger partial charge in [0.25, 0.3) is 0 Å². The third-order valence-electron chi connectivity index (χ3n) is 2.21. The topological polar surface area (TPSA) is 61.0 Å². The molecule has 1 aromatic heterocycles. The van der Waals surface area contributed by atoms with E-state index >= 15 is 0 Å². The van der Waals surface area contributed by atoms with E-state index in [0.717, 1.165) is 0 Å². The Kier molecular flexibility index (Phi) is 3.31. The summed E-state index contributed by atoms with van der Waals surface area (Å²) in [7, 11) is 0. The van der Waals surface area contributed by atoms with Crippen molar-refractivity contribution in [1.82, 2.24) is 9.55 Å². The number of rotatable bonds is 3. The summed E-state index contributed by atoms with van der Waals surface area (Å²) in [6.07, 6.45) is 2.71. The lowest BCUT2D eigenvalue weighted by atomic mass is 10.2. The van der Waals surface area contributed by atoms with Crippen LogP contribution in [0, 0.1) is 10.1 Å². The zero-order valence-corrected chi connectivity index (χ0v) is 10.0. The molecule has 0 radical (unpaired) electrons. The summed E-state index contributed by atoms with van der Waals surface area (Å²) in [6.45, 7) is 0.347. The molecule has 2 rings (SSSR count). The van der Waals surface area contributed by atoms with Gasteiger partial charge in [-0.25, -0.2) is 0 Å². The van der Waals surface area contributed by atoms with E-state index in [1.54, 1.807) is 22.8 Å². The molecule has 0 aliphatic rings. The van der Waals surface area contributed by atoms with Gasteiger partial charge in [-0.05, 0) is 22.0 Å². The van der Waals surface area contributed by atoms with Gasteiger partial charge >= 0.3 is 5.82 Å². The van der Waals surface area contributed by atoms with Gasteiger partial charge in [0.05, 0.1) is 6.54 Å². The second-order valence-electron chi connectivity index (χ2n) is 3.36. The largest absolute Gasteiger partial charge is 0.381 e. The molecule has 17 heavy (non-hydrogen) atoms. The third kappa shape index (κ3) is 2.57. The standard InChI is InChI=1S/C10H7Cl2N3O2/c11-8-2-1-3-9(12)7(8)4-14-5-10(13-6-14)15(16)17/h1-3,5-6H,4H2. The molecule has 88 valence electrons. The van der Waals surface area contributed by atoms with Crippen molar-refractivity contribution in [2.75, 3.05) is 0 Å². The minimum atomic E-state index is -0.551. The van der Waals surface area contributed by atoms with Crippen molar-refractivity contribution in [3.63, 3.8) is 0 Å². The van der Waals surface area contributed by atoms with Crippen LogP contribution in [0.4, 0.5) is 5.82 Å². The molecule has 1 heterocycles. The minimum absolute atomic E-state index is 0.201. The van der Waals surface area contributed by atoms with Crippen molar-refractivity contribution >= 4 is 29.0 Å². The Morgan fingerprint density at radius 1 is 1.35 bits per heavy atom. The molecular formula is C10H7Cl2N3O2. The summed E-state index contributed by atoms with van der Waals surface area (Å²) >= 11 is 12.0. The Labute approximate surface area is 107 Å². The second kappa shape index (κ2) is 4.73. The molecule has 0 unspecified atom stereocenters. The molecule has 0 atom stereocenters. The lowest BCUT2D eigenvalue weighted by Crippen LogP contribution is -1.98. The van der Waals surface area contributed by atoms with Crippen LogP contribution in [0.15, 0.2) is 30.7 Å². The maximum atomic E-state index is 10.5. The van der Waals surface area contributed by atoms with Gasteiger partial charge in [-0.15, -0.1) is 0 Å². The summed E-state index contributed by atoms with van der Waals surface area (Å²) < 4.78 is 1.56. The van der Waals surface area contributed by atoms with Crippen LogP contribution in [-0.2, 0) is 6.54 Å². The lowest BCUT2D eigenvalue weighted by molar-refractivity contribution is -0.389. The lowest BCUT2D eigenvalue weighted by Gasteiger charge is -2.05. The van der Waals surface area contributed by atoms with Crippen LogP contribution < -0.4 is 0 Å². The van der Waals surface area contributed by atoms with Crippen molar-refractivity contribution in [2.24, 2.45) is 0 Å². The van der Waals surface area contributed by atoms with Gasteiger partial charge in [-0.3, -0.25) is 0 Å². The summed E-state index contributed by atoms with van der Waals surface area (Å²) in [5, 5.41) is 11.5. The van der Waals surface area contributed by atoms with Crippen molar-refractivity contribution < 1.29 is 4.92 Å². The molecular weight excluding hydrogens is 265 g/mol. The number of nitrogens with zero attached hydrogens (tertiary/aromatic N) is 3. The predicted octanol–water partition coefficient (Wildman–Crippen LogP) is 3.15. The number of hydrogen-bond acceptors (Lipinski definition) is 3. The maximum absolute atomic E-state index is 10.5. The van der Waals surface area contributed by atoms with E-state index in [2.05, 4.69) is 4.98 Å². The molecule has 0 N–H and O–H groups in total. The van der Waals surface area contributed by atoms with Crippen LogP contribution in [0.1, 0.15) is 5.56 Å². The number of nitro groups is 1. The normalized spacial score (nSPS) is 10.5. The number of hydrogen-bond donors (Lipinski definition) is 0. The smallest absolute Gasteiger partial charge is 0.358 e. The first kappa shape index (κ1) is 11.9. The molecule has 0 saturated carbocycles. The minimum Gasteiger partial charge on any atom is -0.358 e. The van der Waals surface area contributed by atoms with Gasteiger partial charge in [0, 0.05) is 15.6 Å². The summed E-state index contributed by atoms with van der Waals surface area (Å²) in [5.41, 5.74) is 0.711. The van der Waals surface area contributed by atoms with Crippen molar-refractivity contribution in [3.8, 4) is 0 Å². The molecule has 5 nitrogen and oxygen atoms in total. The molecule has 0 amide bonds. The average Bonchev–Trinajstić information content (AvgIpc) is 2.72. The highest BCUT2D eigenvalue weighted by atomic mass is 35.5. The van der Waals surface area contributed by atoms with Crippen LogP contribution in [0.3, 0.4) is 0 Å². The number of imidazole rings is 1. The first-order valence-electron chi connectivity index (χ1n) is 4.67. The van der Waals surface area contributed by atoms with Crippen LogP contribution in [-0.4, -0.2) is 14.5 Å². The predicted molar refractivity (Wildman–Crippen MR) is 64.4 cm³/mol. The molecule has 0 aliphatic carbocycles. The SMILES string of the molecule is O=[N+]([O-])c1cn(Cc2c(Cl)cccc2Cl)cn1. The molecule has 0 aliphatic heterocycles. The number of benzene rings is 1. The summed E-state index contributed by atoms with van der Waals surface area (Å²) in [6, 6.07) is 5.17. The average molecular weight is 272 g/mol. The van der Waals surface area contributed by atoms with Gasteiger partial charge in [0.2, 0.25) is 6.33 Å². The molecule has 0 bridgehead atoms. The van der Waals surface area contributed by atoms with Gasteiger partial charge in [-0.2, -0.15) is 0 Å². The maximum Gasteiger partial charge on any atom is 0.381 e. The Balaban J connectivity index is 2.28. The van der Waals surface area contributed by atoms with E-state index in [1.807, 2.05) is 0 Å². The Bertz CT molecular complexity index is 548. The van der Waals surface area contributed by atoms with Gasteiger partial charge in [0.1, 0.15) is 6.20 Å². The quantitative estimate of drug-likeness (QED) is 0.637. The Morgan fingerprint density at radius 2 is 2.00 bits per heavy atom. The van der Waals surface area contributed by atoms with E-state index in [9.17, 15) is 10.1 Å². The second-order valence-corrected chi connectivity index (χ2v) is 4.18. The van der Waals surface area contributed by atoms with E-state index in [-0.39, 0.29) is 5.82 Å². The highest BCUT2D eigenvalue weighted by Crippen LogP contribution is 2.25. The van der Waals surface area contributed by atoms with Gasteiger partial charge in [-0.1, -0.05) is 29.3 Å². The molecule has 7 heteroatoms. The fourth-order valence-electron chi connectivity index (χ4n) is 1.40. The van der Waals surface area contributed by atoms with Gasteiger partial charge in [0.15, 0.2) is 0 Å². The van der Waals surface area contributed by atoms with Crippen LogP contribution in [0.2, 0.25) is 10.0 Å². The number of aromatic nitrogens is 2. The van der Waals surface area contributed by atoms with Crippen molar-refractivity contribution in [1.29, 1.82) is 0 Å². The Morgan fingerprint density at radius 3 is 2.53 bits per heavy atom. The highest BCUT2D eigenvalue weighted by molar-refractivity contribution is 6.35. The first-order valence-corrected chi connectivity index (χ1v) is 5.42. The fourth-order valence-corrected chi connectivity index (χ4v) is 1.91. The Hall–Kier alpha value is -1.59. The van der Waals surface area contributed by atoms with Crippen molar-refractivity contribution in [2.45, 2.75) is 6.54 Å². The van der Waals surface area contributed by atoms with Crippen LogP contribution in [0.5, 0.6) is 0 Å². The molecule has 1 aromatic carbocycles. The van der Waals surface area contributed by atoms with Crippen molar-refractivity contribution in [3.05, 3.63) is 56.4 Å². The highest BCUT2D eigenvalue weighted by Gasteiger charge is 2.12. The molecule has 0 fully saturated rings. The first-order chi connectivity index (χ1) is 8.08. The van der Waals surface area contributed by atoms with Gasteiger partial charge < -0.3 is 14.7 Å². The zero-order valence-electron chi connectivity index (χ0n) is 8.51. The summed E-state index contributed by atoms with van der Waals surface area (Å²) in [5.74, 6) is -0.201. The van der Waals surface area contributed by atoms with E-state index in [0.29, 0.717) is 22.2 Å². The van der Waals surface area contributed by atoms with E-state index in [4.69, 9.17) is 23.2 Å². The monoisotopic (exact) mass is 271 g/mol. The summed E-state index contributed by atoms with van der Waals surface area (Å²) in [4.78, 5) is 13.6.